The van der Waals surface area contributed by atoms with Crippen LogP contribution in [0.2, 0.25) is 0 Å². The molecule has 3 nitrogen and oxygen atoms in total. The number of halogens is 2. The highest BCUT2D eigenvalue weighted by molar-refractivity contribution is 9.10. The standard InChI is InChI=1S/C15H20BrFO3/c1-4-6-12(14(18)20-5-2)15(3,19)11-8-7-10(16)9-13(11)17/h7-9,12,19H,4-6H2,1-3H3. The lowest BCUT2D eigenvalue weighted by Gasteiger charge is -2.32. The molecule has 0 amide bonds. The Bertz CT molecular complexity index is 474. The second-order valence-corrected chi connectivity index (χ2v) is 5.78. The fourth-order valence-corrected chi connectivity index (χ4v) is 2.58. The molecular formula is C15H20BrFO3. The lowest BCUT2D eigenvalue weighted by molar-refractivity contribution is -0.158. The Labute approximate surface area is 127 Å². The number of esters is 1. The van der Waals surface area contributed by atoms with Crippen LogP contribution in [0.4, 0.5) is 4.39 Å². The van der Waals surface area contributed by atoms with E-state index < -0.39 is 23.3 Å². The molecule has 0 aromatic heterocycles. The molecule has 0 heterocycles. The average Bonchev–Trinajstić information content (AvgIpc) is 2.35. The number of hydrogen-bond donors (Lipinski definition) is 1. The summed E-state index contributed by atoms with van der Waals surface area (Å²) in [5.41, 5.74) is -1.50. The monoisotopic (exact) mass is 346 g/mol. The predicted molar refractivity (Wildman–Crippen MR) is 78.7 cm³/mol. The van der Waals surface area contributed by atoms with E-state index in [1.54, 1.807) is 13.0 Å². The minimum Gasteiger partial charge on any atom is -0.466 e. The third-order valence-electron chi connectivity index (χ3n) is 3.30. The van der Waals surface area contributed by atoms with E-state index in [0.717, 1.165) is 0 Å². The Morgan fingerprint density at radius 1 is 1.50 bits per heavy atom. The Morgan fingerprint density at radius 2 is 2.15 bits per heavy atom. The van der Waals surface area contributed by atoms with Crippen molar-refractivity contribution in [1.82, 2.24) is 0 Å². The predicted octanol–water partition coefficient (Wildman–Crippen LogP) is 3.78. The summed E-state index contributed by atoms with van der Waals surface area (Å²) < 4.78 is 19.6. The maximum atomic E-state index is 14.1. The fraction of sp³-hybridized carbons (Fsp3) is 0.533. The van der Waals surface area contributed by atoms with E-state index in [2.05, 4.69) is 15.9 Å². The molecule has 5 heteroatoms. The van der Waals surface area contributed by atoms with Crippen molar-refractivity contribution in [2.24, 2.45) is 5.92 Å². The van der Waals surface area contributed by atoms with Crippen molar-refractivity contribution in [1.29, 1.82) is 0 Å². The molecule has 0 aliphatic carbocycles. The van der Waals surface area contributed by atoms with Gasteiger partial charge in [-0.15, -0.1) is 0 Å². The molecule has 0 radical (unpaired) electrons. The summed E-state index contributed by atoms with van der Waals surface area (Å²) in [5, 5.41) is 10.7. The fourth-order valence-electron chi connectivity index (χ4n) is 2.25. The van der Waals surface area contributed by atoms with Gasteiger partial charge in [-0.3, -0.25) is 4.79 Å². The van der Waals surface area contributed by atoms with Gasteiger partial charge in [-0.25, -0.2) is 4.39 Å². The van der Waals surface area contributed by atoms with Crippen LogP contribution in [0, 0.1) is 11.7 Å². The normalized spacial score (nSPS) is 15.5. The molecule has 0 aliphatic rings. The first kappa shape index (κ1) is 17.1. The second-order valence-electron chi connectivity index (χ2n) is 4.86. The first-order valence-electron chi connectivity index (χ1n) is 6.69. The summed E-state index contributed by atoms with van der Waals surface area (Å²) in [5.74, 6) is -1.83. The first-order chi connectivity index (χ1) is 9.34. The van der Waals surface area contributed by atoms with Crippen LogP contribution >= 0.6 is 15.9 Å². The number of carbonyl (C=O) groups is 1. The molecule has 0 aliphatic heterocycles. The molecule has 0 bridgehead atoms. The van der Waals surface area contributed by atoms with Crippen molar-refractivity contribution in [2.45, 2.75) is 39.2 Å². The zero-order valence-corrected chi connectivity index (χ0v) is 13.5. The van der Waals surface area contributed by atoms with E-state index in [1.807, 2.05) is 6.92 Å². The van der Waals surface area contributed by atoms with Crippen LogP contribution in [0.15, 0.2) is 22.7 Å². The van der Waals surface area contributed by atoms with Gasteiger partial charge in [0, 0.05) is 10.0 Å². The SMILES string of the molecule is CCCC(C(=O)OCC)C(C)(O)c1ccc(Br)cc1F. The van der Waals surface area contributed by atoms with Crippen molar-refractivity contribution in [2.75, 3.05) is 6.61 Å². The maximum absolute atomic E-state index is 14.1. The molecule has 0 saturated heterocycles. The number of aliphatic hydroxyl groups is 1. The van der Waals surface area contributed by atoms with Gasteiger partial charge in [0.2, 0.25) is 0 Å². The third-order valence-corrected chi connectivity index (χ3v) is 3.80. The number of rotatable bonds is 6. The van der Waals surface area contributed by atoms with E-state index in [0.29, 0.717) is 17.3 Å². The highest BCUT2D eigenvalue weighted by Crippen LogP contribution is 2.35. The van der Waals surface area contributed by atoms with Crippen LogP contribution in [0.5, 0.6) is 0 Å². The van der Waals surface area contributed by atoms with Gasteiger partial charge in [0.1, 0.15) is 11.4 Å². The molecule has 0 saturated carbocycles. The summed E-state index contributed by atoms with van der Waals surface area (Å²) in [6.07, 6.45) is 1.12. The lowest BCUT2D eigenvalue weighted by Crippen LogP contribution is -2.39. The molecule has 2 atom stereocenters. The molecule has 0 spiro atoms. The molecule has 1 aromatic carbocycles. The topological polar surface area (TPSA) is 46.5 Å². The summed E-state index contributed by atoms with van der Waals surface area (Å²) in [7, 11) is 0. The van der Waals surface area contributed by atoms with Crippen molar-refractivity contribution in [3.8, 4) is 0 Å². The molecule has 2 unspecified atom stereocenters. The second kappa shape index (κ2) is 7.18. The summed E-state index contributed by atoms with van der Waals surface area (Å²) in [4.78, 5) is 12.0. The summed E-state index contributed by atoms with van der Waals surface area (Å²) in [6, 6.07) is 4.40. The van der Waals surface area contributed by atoms with Crippen molar-refractivity contribution in [3.05, 3.63) is 34.1 Å². The van der Waals surface area contributed by atoms with E-state index in [1.165, 1.54) is 19.1 Å². The van der Waals surface area contributed by atoms with Crippen LogP contribution in [0.1, 0.15) is 39.2 Å². The zero-order chi connectivity index (χ0) is 15.3. The van der Waals surface area contributed by atoms with Crippen LogP contribution in [0.3, 0.4) is 0 Å². The smallest absolute Gasteiger partial charge is 0.312 e. The Kier molecular flexibility index (Phi) is 6.14. The van der Waals surface area contributed by atoms with Gasteiger partial charge in [-0.05, 0) is 32.4 Å². The number of ether oxygens (including phenoxy) is 1. The van der Waals surface area contributed by atoms with Gasteiger partial charge in [0.05, 0.1) is 12.5 Å². The van der Waals surface area contributed by atoms with Crippen molar-refractivity contribution < 1.29 is 19.0 Å². The van der Waals surface area contributed by atoms with Gasteiger partial charge in [0.25, 0.3) is 0 Å². The van der Waals surface area contributed by atoms with E-state index >= 15 is 0 Å². The quantitative estimate of drug-likeness (QED) is 0.797. The molecule has 1 rings (SSSR count). The highest BCUT2D eigenvalue weighted by atomic mass is 79.9. The Morgan fingerprint density at radius 3 is 2.65 bits per heavy atom. The molecule has 1 aromatic rings. The third kappa shape index (κ3) is 3.79. The van der Waals surface area contributed by atoms with Gasteiger partial charge < -0.3 is 9.84 Å². The number of carbonyl (C=O) groups excluding carboxylic acids is 1. The largest absolute Gasteiger partial charge is 0.466 e. The zero-order valence-electron chi connectivity index (χ0n) is 12.0. The Balaban J connectivity index is 3.17. The number of benzene rings is 1. The first-order valence-corrected chi connectivity index (χ1v) is 7.48. The van der Waals surface area contributed by atoms with Crippen molar-refractivity contribution >= 4 is 21.9 Å². The minimum atomic E-state index is -1.60. The summed E-state index contributed by atoms with van der Waals surface area (Å²) in [6.45, 7) is 5.30. The van der Waals surface area contributed by atoms with E-state index in [4.69, 9.17) is 4.74 Å². The van der Waals surface area contributed by atoms with E-state index in [-0.39, 0.29) is 12.2 Å². The van der Waals surface area contributed by atoms with Crippen LogP contribution in [-0.2, 0) is 15.1 Å². The number of hydrogen-bond acceptors (Lipinski definition) is 3. The Hall–Kier alpha value is -0.940. The molecular weight excluding hydrogens is 327 g/mol. The maximum Gasteiger partial charge on any atom is 0.312 e. The molecule has 112 valence electrons. The van der Waals surface area contributed by atoms with E-state index in [9.17, 15) is 14.3 Å². The molecule has 0 fully saturated rings. The van der Waals surface area contributed by atoms with Crippen LogP contribution in [-0.4, -0.2) is 17.7 Å². The lowest BCUT2D eigenvalue weighted by atomic mass is 9.80. The van der Waals surface area contributed by atoms with Gasteiger partial charge in [-0.2, -0.15) is 0 Å². The van der Waals surface area contributed by atoms with Crippen LogP contribution in [0.25, 0.3) is 0 Å². The molecule has 1 N–H and O–H groups in total. The van der Waals surface area contributed by atoms with Gasteiger partial charge in [-0.1, -0.05) is 35.3 Å². The average molecular weight is 347 g/mol. The minimum absolute atomic E-state index is 0.104. The van der Waals surface area contributed by atoms with Crippen LogP contribution < -0.4 is 0 Å². The van der Waals surface area contributed by atoms with Gasteiger partial charge >= 0.3 is 5.97 Å². The summed E-state index contributed by atoms with van der Waals surface area (Å²) >= 11 is 3.17. The highest BCUT2D eigenvalue weighted by Gasteiger charge is 2.40. The van der Waals surface area contributed by atoms with Gasteiger partial charge in [0.15, 0.2) is 0 Å². The molecule has 20 heavy (non-hydrogen) atoms. The van der Waals surface area contributed by atoms with Crippen molar-refractivity contribution in [3.63, 3.8) is 0 Å².